The number of amides is 1. The zero-order chi connectivity index (χ0) is 25.9. The lowest BCUT2D eigenvalue weighted by atomic mass is 9.94. The second-order valence-corrected chi connectivity index (χ2v) is 9.13. The maximum absolute atomic E-state index is 12.6. The van der Waals surface area contributed by atoms with Crippen molar-refractivity contribution in [3.8, 4) is 6.07 Å². The first-order valence-electron chi connectivity index (χ1n) is 11.7. The second-order valence-electron chi connectivity index (χ2n) is 9.13. The van der Waals surface area contributed by atoms with Crippen molar-refractivity contribution in [1.82, 2.24) is 14.6 Å². The van der Waals surface area contributed by atoms with Crippen LogP contribution in [0.2, 0.25) is 0 Å². The Morgan fingerprint density at radius 1 is 1.25 bits per heavy atom. The van der Waals surface area contributed by atoms with Gasteiger partial charge in [0, 0.05) is 12.3 Å². The van der Waals surface area contributed by atoms with E-state index in [1.165, 1.54) is 17.3 Å². The number of fused-ring (bicyclic) bond motifs is 1. The van der Waals surface area contributed by atoms with E-state index < -0.39 is 23.8 Å². The van der Waals surface area contributed by atoms with Crippen molar-refractivity contribution < 1.29 is 24.2 Å². The number of nitrogens with zero attached hydrogens (tertiary/aromatic N) is 4. The molecule has 3 aromatic rings. The van der Waals surface area contributed by atoms with Crippen LogP contribution in [-0.4, -0.2) is 50.4 Å². The molecule has 0 bridgehead atoms. The van der Waals surface area contributed by atoms with Crippen LogP contribution in [0.25, 0.3) is 5.52 Å². The summed E-state index contributed by atoms with van der Waals surface area (Å²) in [7, 11) is 0. The Kier molecular flexibility index (Phi) is 7.33. The highest BCUT2D eigenvalue weighted by atomic mass is 16.6. The summed E-state index contributed by atoms with van der Waals surface area (Å²) in [6.07, 6.45) is 0.659. The molecule has 10 heteroatoms. The SMILES string of the molecule is CC(C)[C@@H](C)C(=O)Nc1ncnn2c([C@]3(C#N)O[C@@H](COC(=O)Cc4ccccc4)[CH][C@H]3O)ccc12. The number of esters is 1. The van der Waals surface area contributed by atoms with E-state index in [9.17, 15) is 20.0 Å². The molecule has 0 saturated carbocycles. The van der Waals surface area contributed by atoms with Crippen molar-refractivity contribution in [2.45, 2.75) is 45.0 Å². The number of benzene rings is 1. The summed E-state index contributed by atoms with van der Waals surface area (Å²) in [6.45, 7) is 5.59. The van der Waals surface area contributed by atoms with Gasteiger partial charge < -0.3 is 19.9 Å². The summed E-state index contributed by atoms with van der Waals surface area (Å²) < 4.78 is 12.7. The smallest absolute Gasteiger partial charge is 0.310 e. The highest BCUT2D eigenvalue weighted by Crippen LogP contribution is 2.40. The fourth-order valence-electron chi connectivity index (χ4n) is 3.97. The Morgan fingerprint density at radius 2 is 2.00 bits per heavy atom. The van der Waals surface area contributed by atoms with Gasteiger partial charge in [-0.15, -0.1) is 0 Å². The molecule has 1 saturated heterocycles. The Bertz CT molecular complexity index is 1280. The van der Waals surface area contributed by atoms with Gasteiger partial charge in [0.15, 0.2) is 5.82 Å². The van der Waals surface area contributed by atoms with E-state index in [1.54, 1.807) is 12.1 Å². The van der Waals surface area contributed by atoms with E-state index in [1.807, 2.05) is 51.1 Å². The lowest BCUT2D eigenvalue weighted by molar-refractivity contribution is -0.148. The highest BCUT2D eigenvalue weighted by molar-refractivity contribution is 5.95. The van der Waals surface area contributed by atoms with Gasteiger partial charge in [-0.25, -0.2) is 9.50 Å². The van der Waals surface area contributed by atoms with E-state index in [4.69, 9.17) is 9.47 Å². The number of carbonyl (C=O) groups is 2. The minimum absolute atomic E-state index is 0.101. The zero-order valence-electron chi connectivity index (χ0n) is 20.3. The highest BCUT2D eigenvalue weighted by Gasteiger charge is 2.52. The van der Waals surface area contributed by atoms with Crippen LogP contribution in [-0.2, 0) is 31.1 Å². The van der Waals surface area contributed by atoms with Crippen LogP contribution >= 0.6 is 0 Å². The summed E-state index contributed by atoms with van der Waals surface area (Å²) in [5.41, 5.74) is -0.268. The molecule has 0 aliphatic carbocycles. The molecule has 1 aliphatic heterocycles. The number of ether oxygens (including phenoxy) is 2. The van der Waals surface area contributed by atoms with Gasteiger partial charge in [0.25, 0.3) is 0 Å². The van der Waals surface area contributed by atoms with Crippen molar-refractivity contribution in [1.29, 1.82) is 5.26 Å². The number of rotatable bonds is 8. The molecule has 1 aromatic carbocycles. The van der Waals surface area contributed by atoms with Crippen molar-refractivity contribution in [2.24, 2.45) is 11.8 Å². The van der Waals surface area contributed by atoms with Gasteiger partial charge in [0.2, 0.25) is 11.5 Å². The Hall–Kier alpha value is -3.81. The molecule has 0 spiro atoms. The topological polar surface area (TPSA) is 139 Å². The quantitative estimate of drug-likeness (QED) is 0.459. The summed E-state index contributed by atoms with van der Waals surface area (Å²) in [5, 5.41) is 27.9. The van der Waals surface area contributed by atoms with Crippen molar-refractivity contribution in [2.75, 3.05) is 11.9 Å². The Labute approximate surface area is 208 Å². The van der Waals surface area contributed by atoms with Crippen LogP contribution in [0.3, 0.4) is 0 Å². The summed E-state index contributed by atoms with van der Waals surface area (Å²) in [5.74, 6) is -0.446. The second kappa shape index (κ2) is 10.4. The summed E-state index contributed by atoms with van der Waals surface area (Å²) in [4.78, 5) is 29.0. The number of hydrogen-bond acceptors (Lipinski definition) is 8. The number of aromatic nitrogens is 3. The number of aliphatic hydroxyl groups excluding tert-OH is 1. The average Bonchev–Trinajstić information content (AvgIpc) is 3.44. The molecule has 36 heavy (non-hydrogen) atoms. The molecule has 2 aromatic heterocycles. The summed E-state index contributed by atoms with van der Waals surface area (Å²) in [6, 6.07) is 14.5. The maximum Gasteiger partial charge on any atom is 0.310 e. The van der Waals surface area contributed by atoms with Gasteiger partial charge in [-0.1, -0.05) is 51.1 Å². The van der Waals surface area contributed by atoms with Crippen LogP contribution in [0, 0.1) is 29.6 Å². The minimum Gasteiger partial charge on any atom is -0.463 e. The van der Waals surface area contributed by atoms with E-state index in [2.05, 4.69) is 21.5 Å². The molecule has 1 radical (unpaired) electrons. The number of aliphatic hydroxyl groups is 1. The van der Waals surface area contributed by atoms with Gasteiger partial charge >= 0.3 is 5.97 Å². The first-order chi connectivity index (χ1) is 17.2. The van der Waals surface area contributed by atoms with Gasteiger partial charge in [0.1, 0.15) is 36.7 Å². The van der Waals surface area contributed by atoms with Gasteiger partial charge in [0.05, 0.1) is 12.1 Å². The first-order valence-corrected chi connectivity index (χ1v) is 11.7. The number of carbonyl (C=O) groups excluding carboxylic acids is 2. The maximum atomic E-state index is 12.6. The van der Waals surface area contributed by atoms with E-state index in [0.29, 0.717) is 5.52 Å². The van der Waals surface area contributed by atoms with E-state index in [-0.39, 0.29) is 42.3 Å². The molecule has 10 nitrogen and oxygen atoms in total. The zero-order valence-corrected chi connectivity index (χ0v) is 20.3. The van der Waals surface area contributed by atoms with Gasteiger partial charge in [-0.2, -0.15) is 10.4 Å². The Balaban J connectivity index is 1.51. The molecule has 3 heterocycles. The van der Waals surface area contributed by atoms with Crippen LogP contribution in [0.15, 0.2) is 48.8 Å². The number of hydrogen-bond donors (Lipinski definition) is 2. The lowest BCUT2D eigenvalue weighted by Gasteiger charge is -2.24. The molecule has 187 valence electrons. The molecule has 2 N–H and O–H groups in total. The first kappa shape index (κ1) is 25.3. The molecular formula is C26H28N5O5. The fraction of sp³-hybridized carbons (Fsp3) is 0.385. The standard InChI is InChI=1S/C26H28N5O5/c1-16(2)17(3)25(34)30-24-20-9-10-21(31(20)29-15-28-24)26(14-27)22(32)12-19(36-26)13-35-23(33)11-18-7-5-4-6-8-18/h4-10,12,15-17,19,22,32H,11,13H2,1-3H3,(H,28,29,30,34)/t17-,19-,22-,26+/m1/s1. The monoisotopic (exact) mass is 490 g/mol. The third-order valence-electron chi connectivity index (χ3n) is 6.40. The predicted molar refractivity (Wildman–Crippen MR) is 129 cm³/mol. The van der Waals surface area contributed by atoms with E-state index >= 15 is 0 Å². The van der Waals surface area contributed by atoms with Crippen LogP contribution < -0.4 is 5.32 Å². The fourth-order valence-corrected chi connectivity index (χ4v) is 3.97. The number of nitrogens with one attached hydrogen (secondary N) is 1. The number of nitriles is 1. The number of anilines is 1. The van der Waals surface area contributed by atoms with Crippen molar-refractivity contribution in [3.05, 3.63) is 66.5 Å². The summed E-state index contributed by atoms with van der Waals surface area (Å²) >= 11 is 0. The molecule has 0 unspecified atom stereocenters. The Morgan fingerprint density at radius 3 is 2.69 bits per heavy atom. The normalized spacial score (nSPS) is 22.3. The third-order valence-corrected chi connectivity index (χ3v) is 6.40. The van der Waals surface area contributed by atoms with Gasteiger partial charge in [-0.05, 0) is 23.6 Å². The molecule has 1 aliphatic rings. The molecule has 1 fully saturated rings. The predicted octanol–water partition coefficient (Wildman–Crippen LogP) is 2.43. The van der Waals surface area contributed by atoms with Crippen molar-refractivity contribution in [3.63, 3.8) is 0 Å². The van der Waals surface area contributed by atoms with Crippen LogP contribution in [0.1, 0.15) is 32.0 Å². The van der Waals surface area contributed by atoms with Crippen LogP contribution in [0.4, 0.5) is 5.82 Å². The third kappa shape index (κ3) is 4.94. The molecule has 4 atom stereocenters. The molecular weight excluding hydrogens is 462 g/mol. The van der Waals surface area contributed by atoms with E-state index in [0.717, 1.165) is 5.56 Å². The molecule has 4 rings (SSSR count). The molecule has 1 amide bonds. The van der Waals surface area contributed by atoms with Crippen LogP contribution in [0.5, 0.6) is 0 Å². The van der Waals surface area contributed by atoms with Gasteiger partial charge in [-0.3, -0.25) is 9.59 Å². The average molecular weight is 491 g/mol. The lowest BCUT2D eigenvalue weighted by Crippen LogP contribution is -2.37. The minimum atomic E-state index is -1.79. The largest absolute Gasteiger partial charge is 0.463 e. The van der Waals surface area contributed by atoms with Crippen molar-refractivity contribution >= 4 is 23.2 Å².